The van der Waals surface area contributed by atoms with Gasteiger partial charge in [-0.15, -0.1) is 0 Å². The predicted octanol–water partition coefficient (Wildman–Crippen LogP) is 2.78. The van der Waals surface area contributed by atoms with Crippen molar-refractivity contribution in [1.29, 1.82) is 0 Å². The topological polar surface area (TPSA) is 83.8 Å². The van der Waals surface area contributed by atoms with Gasteiger partial charge in [0.25, 0.3) is 0 Å². The van der Waals surface area contributed by atoms with Gasteiger partial charge in [-0.25, -0.2) is 18.9 Å². The Balaban J connectivity index is 1.73. The van der Waals surface area contributed by atoms with Crippen LogP contribution in [0, 0.1) is 5.82 Å². The number of anilines is 1. The molecule has 0 aliphatic carbocycles. The standard InChI is InChI=1S/C14H9F4N7/c15-10-1-7(4-25-12(10)22-6-23-25)8-2-19-11-9(8)3-20-13(24-11)21-5-14(16,17)18/h1-4,6H,5H2,(H2,19,20,21,24). The number of aromatic nitrogens is 6. The predicted molar refractivity (Wildman–Crippen MR) is 80.4 cm³/mol. The Bertz CT molecular complexity index is 1070. The van der Waals surface area contributed by atoms with Gasteiger partial charge in [0.1, 0.15) is 18.5 Å². The van der Waals surface area contributed by atoms with Crippen molar-refractivity contribution in [2.75, 3.05) is 11.9 Å². The minimum atomic E-state index is -4.37. The number of alkyl halides is 3. The first kappa shape index (κ1) is 15.3. The van der Waals surface area contributed by atoms with E-state index in [0.29, 0.717) is 22.2 Å². The number of aromatic amines is 1. The third kappa shape index (κ3) is 2.84. The van der Waals surface area contributed by atoms with Crippen molar-refractivity contribution in [3.05, 3.63) is 36.8 Å². The van der Waals surface area contributed by atoms with E-state index in [2.05, 4.69) is 30.4 Å². The SMILES string of the molecule is Fc1cc(-c2c[nH]c3nc(NCC(F)(F)F)ncc23)cn2ncnc12. The molecule has 0 atom stereocenters. The number of halogens is 4. The van der Waals surface area contributed by atoms with Crippen LogP contribution in [0.1, 0.15) is 0 Å². The lowest BCUT2D eigenvalue weighted by atomic mass is 10.1. The number of nitrogens with zero attached hydrogens (tertiary/aromatic N) is 5. The summed E-state index contributed by atoms with van der Waals surface area (Å²) < 4.78 is 52.1. The Morgan fingerprint density at radius 2 is 2.08 bits per heavy atom. The number of nitrogens with one attached hydrogen (secondary N) is 2. The van der Waals surface area contributed by atoms with Crippen LogP contribution in [0.2, 0.25) is 0 Å². The molecule has 4 rings (SSSR count). The van der Waals surface area contributed by atoms with Gasteiger partial charge in [0.05, 0.1) is 0 Å². The van der Waals surface area contributed by atoms with Crippen molar-refractivity contribution < 1.29 is 17.6 Å². The summed E-state index contributed by atoms with van der Waals surface area (Å²) in [5.74, 6) is -0.704. The average molecular weight is 351 g/mol. The van der Waals surface area contributed by atoms with E-state index in [0.717, 1.165) is 0 Å². The van der Waals surface area contributed by atoms with Crippen molar-refractivity contribution in [2.45, 2.75) is 6.18 Å². The van der Waals surface area contributed by atoms with E-state index in [1.807, 2.05) is 0 Å². The van der Waals surface area contributed by atoms with E-state index in [4.69, 9.17) is 0 Å². The molecule has 4 heterocycles. The molecule has 0 fully saturated rings. The number of rotatable bonds is 3. The van der Waals surface area contributed by atoms with E-state index in [9.17, 15) is 17.6 Å². The van der Waals surface area contributed by atoms with E-state index in [1.165, 1.54) is 23.1 Å². The fraction of sp³-hybridized carbons (Fsp3) is 0.143. The maximum Gasteiger partial charge on any atom is 0.405 e. The first-order valence-electron chi connectivity index (χ1n) is 7.05. The fourth-order valence-corrected chi connectivity index (χ4v) is 2.44. The number of hydrogen-bond donors (Lipinski definition) is 2. The largest absolute Gasteiger partial charge is 0.405 e. The molecule has 0 aromatic carbocycles. The van der Waals surface area contributed by atoms with Crippen molar-refractivity contribution in [2.24, 2.45) is 0 Å². The van der Waals surface area contributed by atoms with Gasteiger partial charge >= 0.3 is 6.18 Å². The molecular formula is C14H9F4N7. The lowest BCUT2D eigenvalue weighted by molar-refractivity contribution is -0.115. The second-order valence-electron chi connectivity index (χ2n) is 5.23. The van der Waals surface area contributed by atoms with Crippen LogP contribution >= 0.6 is 0 Å². The minimum Gasteiger partial charge on any atom is -0.345 e. The molecule has 0 spiro atoms. The molecule has 4 aromatic heterocycles. The summed E-state index contributed by atoms with van der Waals surface area (Å²) >= 11 is 0. The van der Waals surface area contributed by atoms with E-state index >= 15 is 0 Å². The summed E-state index contributed by atoms with van der Waals surface area (Å²) in [4.78, 5) is 14.5. The van der Waals surface area contributed by atoms with Gasteiger partial charge in [-0.1, -0.05) is 0 Å². The molecule has 128 valence electrons. The molecule has 0 unspecified atom stereocenters. The second kappa shape index (κ2) is 5.40. The van der Waals surface area contributed by atoms with E-state index in [1.54, 1.807) is 12.4 Å². The molecule has 2 N–H and O–H groups in total. The lowest BCUT2D eigenvalue weighted by Crippen LogP contribution is -2.22. The van der Waals surface area contributed by atoms with Gasteiger partial charge in [0.2, 0.25) is 5.95 Å². The molecule has 0 aliphatic rings. The van der Waals surface area contributed by atoms with Gasteiger partial charge in [-0.3, -0.25) is 0 Å². The molecule has 11 heteroatoms. The third-order valence-corrected chi connectivity index (χ3v) is 3.52. The summed E-state index contributed by atoms with van der Waals surface area (Å²) in [5.41, 5.74) is 1.52. The monoisotopic (exact) mass is 351 g/mol. The molecule has 0 saturated carbocycles. The summed E-state index contributed by atoms with van der Waals surface area (Å²) in [6.07, 6.45) is 1.40. The molecule has 7 nitrogen and oxygen atoms in total. The summed E-state index contributed by atoms with van der Waals surface area (Å²) in [6, 6.07) is 1.29. The Kier molecular flexibility index (Phi) is 3.30. The molecule has 4 aromatic rings. The molecule has 0 aliphatic heterocycles. The fourth-order valence-electron chi connectivity index (χ4n) is 2.44. The molecule has 0 amide bonds. The van der Waals surface area contributed by atoms with E-state index < -0.39 is 18.5 Å². The Morgan fingerprint density at radius 3 is 2.88 bits per heavy atom. The first-order chi connectivity index (χ1) is 11.9. The summed E-state index contributed by atoms with van der Waals surface area (Å²) in [5, 5.41) is 6.54. The molecule has 0 saturated heterocycles. The number of H-pyrrole nitrogens is 1. The normalized spacial score (nSPS) is 12.2. The second-order valence-corrected chi connectivity index (χ2v) is 5.23. The highest BCUT2D eigenvalue weighted by atomic mass is 19.4. The first-order valence-corrected chi connectivity index (χ1v) is 7.05. The van der Waals surface area contributed by atoms with Gasteiger partial charge < -0.3 is 10.3 Å². The minimum absolute atomic E-state index is 0.0958. The zero-order valence-electron chi connectivity index (χ0n) is 12.3. The van der Waals surface area contributed by atoms with Crippen LogP contribution in [0.25, 0.3) is 27.8 Å². The van der Waals surface area contributed by atoms with Crippen molar-refractivity contribution in [3.8, 4) is 11.1 Å². The smallest absolute Gasteiger partial charge is 0.345 e. The third-order valence-electron chi connectivity index (χ3n) is 3.52. The van der Waals surface area contributed by atoms with Crippen molar-refractivity contribution >= 4 is 22.6 Å². The van der Waals surface area contributed by atoms with Gasteiger partial charge in [0.15, 0.2) is 11.5 Å². The van der Waals surface area contributed by atoms with Crippen molar-refractivity contribution in [3.63, 3.8) is 0 Å². The highest BCUT2D eigenvalue weighted by Crippen LogP contribution is 2.29. The number of pyridine rings is 1. The lowest BCUT2D eigenvalue weighted by Gasteiger charge is -2.07. The van der Waals surface area contributed by atoms with Crippen LogP contribution in [0.15, 0.2) is 31.0 Å². The highest BCUT2D eigenvalue weighted by Gasteiger charge is 2.27. The summed E-state index contributed by atoms with van der Waals surface area (Å²) in [7, 11) is 0. The van der Waals surface area contributed by atoms with Crippen LogP contribution in [0.3, 0.4) is 0 Å². The molecule has 25 heavy (non-hydrogen) atoms. The Hall–Kier alpha value is -3.24. The number of hydrogen-bond acceptors (Lipinski definition) is 5. The van der Waals surface area contributed by atoms with Crippen LogP contribution < -0.4 is 5.32 Å². The van der Waals surface area contributed by atoms with Crippen LogP contribution in [0.5, 0.6) is 0 Å². The van der Waals surface area contributed by atoms with Gasteiger partial charge in [-0.05, 0) is 6.07 Å². The Morgan fingerprint density at radius 1 is 1.24 bits per heavy atom. The zero-order chi connectivity index (χ0) is 17.6. The zero-order valence-corrected chi connectivity index (χ0v) is 12.3. The summed E-state index contributed by atoms with van der Waals surface area (Å²) in [6.45, 7) is -1.24. The number of fused-ring (bicyclic) bond motifs is 2. The quantitative estimate of drug-likeness (QED) is 0.555. The van der Waals surface area contributed by atoms with Crippen LogP contribution in [-0.2, 0) is 0 Å². The molecule has 0 bridgehead atoms. The van der Waals surface area contributed by atoms with Gasteiger partial charge in [0, 0.05) is 35.1 Å². The van der Waals surface area contributed by atoms with E-state index in [-0.39, 0.29) is 11.6 Å². The highest BCUT2D eigenvalue weighted by molar-refractivity contribution is 5.93. The van der Waals surface area contributed by atoms with Crippen LogP contribution in [0.4, 0.5) is 23.5 Å². The maximum absolute atomic E-state index is 14.1. The average Bonchev–Trinajstić information content (AvgIpc) is 3.18. The van der Waals surface area contributed by atoms with Crippen molar-refractivity contribution in [1.82, 2.24) is 29.5 Å². The molecular weight excluding hydrogens is 342 g/mol. The Labute approximate surface area is 136 Å². The maximum atomic E-state index is 14.1. The van der Waals surface area contributed by atoms with Crippen LogP contribution in [-0.4, -0.2) is 42.3 Å². The van der Waals surface area contributed by atoms with Gasteiger partial charge in [-0.2, -0.15) is 23.3 Å². The molecule has 0 radical (unpaired) electrons.